The lowest BCUT2D eigenvalue weighted by Crippen LogP contribution is -2.32. The molecule has 0 spiro atoms. The molecule has 1 unspecified atom stereocenters. The van der Waals surface area contributed by atoms with E-state index < -0.39 is 0 Å². The second-order valence-electron chi connectivity index (χ2n) is 7.57. The second kappa shape index (κ2) is 8.36. The number of benzene rings is 1. The van der Waals surface area contributed by atoms with Crippen LogP contribution in [0, 0.1) is 6.92 Å². The first kappa shape index (κ1) is 20.2. The fourth-order valence-corrected chi connectivity index (χ4v) is 3.78. The van der Waals surface area contributed by atoms with Gasteiger partial charge in [0.1, 0.15) is 5.69 Å². The first-order valence-corrected chi connectivity index (χ1v) is 10.2. The lowest BCUT2D eigenvalue weighted by molar-refractivity contribution is 0.0726. The Morgan fingerprint density at radius 2 is 1.87 bits per heavy atom. The zero-order valence-electron chi connectivity index (χ0n) is 17.2. The number of hydrogen-bond acceptors (Lipinski definition) is 6. The molecule has 1 aliphatic rings. The monoisotopic (exact) mass is 422 g/mol. The second-order valence-corrected chi connectivity index (χ2v) is 8.01. The summed E-state index contributed by atoms with van der Waals surface area (Å²) in [6.45, 7) is 2.50. The lowest BCUT2D eigenvalue weighted by Gasteiger charge is -2.26. The minimum Gasteiger partial charge on any atom is -0.347 e. The largest absolute Gasteiger partial charge is 0.347 e. The highest BCUT2D eigenvalue weighted by atomic mass is 35.5. The summed E-state index contributed by atoms with van der Waals surface area (Å²) in [5.74, 6) is 0.481. The Morgan fingerprint density at radius 1 is 1.10 bits per heavy atom. The van der Waals surface area contributed by atoms with Gasteiger partial charge in [0.25, 0.3) is 5.91 Å². The molecule has 1 atom stereocenters. The number of nitrogens with zero attached hydrogens (tertiary/aromatic N) is 6. The molecule has 1 aliphatic heterocycles. The van der Waals surface area contributed by atoms with Crippen LogP contribution in [0.5, 0.6) is 0 Å². The topological polar surface area (TPSA) is 75.1 Å². The average Bonchev–Trinajstić information content (AvgIpc) is 3.23. The maximum absolute atomic E-state index is 13.2. The van der Waals surface area contributed by atoms with Crippen molar-refractivity contribution in [3.05, 3.63) is 65.0 Å². The van der Waals surface area contributed by atoms with Crippen LogP contribution >= 0.6 is 11.6 Å². The van der Waals surface area contributed by atoms with E-state index in [0.717, 1.165) is 35.4 Å². The molecule has 7 nitrogen and oxygen atoms in total. The van der Waals surface area contributed by atoms with Crippen molar-refractivity contribution < 1.29 is 4.79 Å². The number of rotatable bonds is 4. The van der Waals surface area contributed by atoms with Gasteiger partial charge in [0.05, 0.1) is 23.6 Å². The maximum Gasteiger partial charge on any atom is 0.274 e. The predicted octanol–water partition coefficient (Wildman–Crippen LogP) is 3.94. The third kappa shape index (κ3) is 3.98. The number of hydrogen-bond donors (Lipinski definition) is 0. The molecule has 2 aromatic heterocycles. The summed E-state index contributed by atoms with van der Waals surface area (Å²) in [7, 11) is 3.81. The standard InChI is InChI=1S/C22H23ClN6O/c1-14-11-25-18(13-24-14)21(30)29-10-4-5-19(29)20-17(12-26-22(27-20)28(2)3)15-6-8-16(23)9-7-15/h6-9,11-13,19H,4-5,10H2,1-3H3. The van der Waals surface area contributed by atoms with Crippen molar-refractivity contribution in [1.82, 2.24) is 24.8 Å². The molecule has 0 radical (unpaired) electrons. The molecule has 0 bridgehead atoms. The fourth-order valence-electron chi connectivity index (χ4n) is 3.65. The number of carbonyl (C=O) groups excluding carboxylic acids is 1. The molecular weight excluding hydrogens is 400 g/mol. The van der Waals surface area contributed by atoms with Crippen molar-refractivity contribution in [3.63, 3.8) is 0 Å². The Balaban J connectivity index is 1.76. The zero-order chi connectivity index (χ0) is 21.3. The summed E-state index contributed by atoms with van der Waals surface area (Å²) in [6.07, 6.45) is 6.71. The van der Waals surface area contributed by atoms with Gasteiger partial charge in [0.2, 0.25) is 5.95 Å². The average molecular weight is 423 g/mol. The van der Waals surface area contributed by atoms with E-state index in [4.69, 9.17) is 16.6 Å². The van der Waals surface area contributed by atoms with Crippen LogP contribution in [0.2, 0.25) is 5.02 Å². The molecule has 1 aromatic carbocycles. The highest BCUT2D eigenvalue weighted by Gasteiger charge is 2.34. The van der Waals surface area contributed by atoms with Gasteiger partial charge in [-0.2, -0.15) is 0 Å². The van der Waals surface area contributed by atoms with Crippen LogP contribution in [-0.2, 0) is 0 Å². The third-order valence-electron chi connectivity index (χ3n) is 5.19. The molecule has 30 heavy (non-hydrogen) atoms. The number of aromatic nitrogens is 4. The molecule has 0 saturated carbocycles. The number of anilines is 1. The van der Waals surface area contributed by atoms with E-state index in [1.165, 1.54) is 0 Å². The molecule has 0 N–H and O–H groups in total. The van der Waals surface area contributed by atoms with Gasteiger partial charge in [-0.25, -0.2) is 15.0 Å². The van der Waals surface area contributed by atoms with E-state index in [-0.39, 0.29) is 11.9 Å². The summed E-state index contributed by atoms with van der Waals surface area (Å²) < 4.78 is 0. The number of aryl methyl sites for hydroxylation is 1. The molecule has 1 saturated heterocycles. The highest BCUT2D eigenvalue weighted by Crippen LogP contribution is 2.38. The summed E-state index contributed by atoms with van der Waals surface area (Å²) in [5, 5.41) is 0.668. The fraction of sp³-hybridized carbons (Fsp3) is 0.318. The van der Waals surface area contributed by atoms with Crippen LogP contribution < -0.4 is 4.90 Å². The van der Waals surface area contributed by atoms with Gasteiger partial charge < -0.3 is 9.80 Å². The van der Waals surface area contributed by atoms with Crippen molar-refractivity contribution in [3.8, 4) is 11.1 Å². The summed E-state index contributed by atoms with van der Waals surface area (Å²) >= 11 is 6.07. The van der Waals surface area contributed by atoms with Crippen molar-refractivity contribution in [2.75, 3.05) is 25.5 Å². The van der Waals surface area contributed by atoms with Gasteiger partial charge in [-0.05, 0) is 37.5 Å². The number of halogens is 1. The molecule has 3 aromatic rings. The molecule has 3 heterocycles. The van der Waals surface area contributed by atoms with Crippen LogP contribution in [-0.4, -0.2) is 51.4 Å². The molecule has 8 heteroatoms. The quantitative estimate of drug-likeness (QED) is 0.634. The Labute approximate surface area is 180 Å². The van der Waals surface area contributed by atoms with Crippen LogP contribution in [0.15, 0.2) is 42.9 Å². The number of amides is 1. The van der Waals surface area contributed by atoms with E-state index in [9.17, 15) is 4.79 Å². The maximum atomic E-state index is 13.2. The Hall–Kier alpha value is -3.06. The van der Waals surface area contributed by atoms with Crippen molar-refractivity contribution in [2.24, 2.45) is 0 Å². The van der Waals surface area contributed by atoms with Crippen LogP contribution in [0.3, 0.4) is 0 Å². The molecule has 4 rings (SSSR count). The number of carbonyl (C=O) groups is 1. The van der Waals surface area contributed by atoms with E-state index in [0.29, 0.717) is 23.2 Å². The van der Waals surface area contributed by atoms with E-state index in [1.807, 2.05) is 61.3 Å². The molecule has 0 aliphatic carbocycles. The van der Waals surface area contributed by atoms with E-state index in [2.05, 4.69) is 15.0 Å². The van der Waals surface area contributed by atoms with Gasteiger partial charge >= 0.3 is 0 Å². The molecule has 154 valence electrons. The first-order chi connectivity index (χ1) is 14.4. The molecular formula is C22H23ClN6O. The van der Waals surface area contributed by atoms with Gasteiger partial charge in [-0.3, -0.25) is 9.78 Å². The lowest BCUT2D eigenvalue weighted by atomic mass is 9.99. The minimum atomic E-state index is -0.159. The third-order valence-corrected chi connectivity index (χ3v) is 5.44. The van der Waals surface area contributed by atoms with Crippen molar-refractivity contribution in [2.45, 2.75) is 25.8 Å². The first-order valence-electron chi connectivity index (χ1n) is 9.84. The normalized spacial score (nSPS) is 16.0. The SMILES string of the molecule is Cc1cnc(C(=O)N2CCCC2c2nc(N(C)C)ncc2-c2ccc(Cl)cc2)cn1. The molecule has 1 fully saturated rings. The smallest absolute Gasteiger partial charge is 0.274 e. The van der Waals surface area contributed by atoms with Gasteiger partial charge in [-0.1, -0.05) is 23.7 Å². The summed E-state index contributed by atoms with van der Waals surface area (Å²) in [4.78, 5) is 34.8. The Kier molecular flexibility index (Phi) is 5.63. The summed E-state index contributed by atoms with van der Waals surface area (Å²) in [6, 6.07) is 7.44. The van der Waals surface area contributed by atoms with Crippen LogP contribution in [0.4, 0.5) is 5.95 Å². The van der Waals surface area contributed by atoms with Gasteiger partial charge in [0.15, 0.2) is 0 Å². The minimum absolute atomic E-state index is 0.128. The molecule has 1 amide bonds. The van der Waals surface area contributed by atoms with Crippen LogP contribution in [0.1, 0.15) is 40.8 Å². The van der Waals surface area contributed by atoms with Gasteiger partial charge in [-0.15, -0.1) is 0 Å². The van der Waals surface area contributed by atoms with E-state index >= 15 is 0 Å². The van der Waals surface area contributed by atoms with Crippen LogP contribution in [0.25, 0.3) is 11.1 Å². The van der Waals surface area contributed by atoms with Gasteiger partial charge in [0, 0.05) is 43.6 Å². The van der Waals surface area contributed by atoms with E-state index in [1.54, 1.807) is 12.4 Å². The Bertz CT molecular complexity index is 1050. The summed E-state index contributed by atoms with van der Waals surface area (Å²) in [5.41, 5.74) is 3.83. The Morgan fingerprint density at radius 3 is 2.53 bits per heavy atom. The predicted molar refractivity (Wildman–Crippen MR) is 117 cm³/mol. The highest BCUT2D eigenvalue weighted by molar-refractivity contribution is 6.30. The van der Waals surface area contributed by atoms with Crippen molar-refractivity contribution >= 4 is 23.5 Å². The number of likely N-dealkylation sites (tertiary alicyclic amines) is 1. The zero-order valence-corrected chi connectivity index (χ0v) is 18.0. The van der Waals surface area contributed by atoms with Crippen molar-refractivity contribution in [1.29, 1.82) is 0 Å².